The molecule has 0 atom stereocenters. The average Bonchev–Trinajstić information content (AvgIpc) is 2.52. The molecule has 0 aliphatic carbocycles. The molecule has 0 aromatic heterocycles. The van der Waals surface area contributed by atoms with Gasteiger partial charge in [-0.15, -0.1) is 0 Å². The van der Waals surface area contributed by atoms with Crippen molar-refractivity contribution in [3.63, 3.8) is 0 Å². The summed E-state index contributed by atoms with van der Waals surface area (Å²) in [7, 11) is -1.16. The third kappa shape index (κ3) is 6.15. The van der Waals surface area contributed by atoms with Crippen LogP contribution >= 0.6 is 0 Å². The smallest absolute Gasteiger partial charge is 0.191 e. The lowest BCUT2D eigenvalue weighted by atomic mass is 10.2. The van der Waals surface area contributed by atoms with E-state index < -0.39 is 9.84 Å². The quantitative estimate of drug-likeness (QED) is 0.592. The van der Waals surface area contributed by atoms with Crippen LogP contribution in [0.5, 0.6) is 0 Å². The van der Waals surface area contributed by atoms with Crippen LogP contribution < -0.4 is 10.6 Å². The number of benzene rings is 1. The molecule has 23 heavy (non-hydrogen) atoms. The Balaban J connectivity index is 1.69. The monoisotopic (exact) mass is 342 g/mol. The second-order valence-electron chi connectivity index (χ2n) is 5.48. The van der Waals surface area contributed by atoms with Crippen molar-refractivity contribution >= 4 is 15.8 Å². The Morgan fingerprint density at radius 2 is 2.04 bits per heavy atom. The Bertz CT molecular complexity index is 635. The van der Waals surface area contributed by atoms with Gasteiger partial charge in [0, 0.05) is 39.8 Å². The van der Waals surface area contributed by atoms with E-state index in [1.54, 1.807) is 13.1 Å². The molecule has 0 radical (unpaired) electrons. The summed E-state index contributed by atoms with van der Waals surface area (Å²) in [6, 6.07) is 6.41. The number of rotatable bonds is 5. The van der Waals surface area contributed by atoms with Gasteiger partial charge < -0.3 is 10.6 Å². The fourth-order valence-corrected chi connectivity index (χ4v) is 3.64. The van der Waals surface area contributed by atoms with Crippen molar-refractivity contribution in [1.82, 2.24) is 15.5 Å². The predicted octanol–water partition coefficient (Wildman–Crippen LogP) is 0.221. The average molecular weight is 342 g/mol. The molecule has 1 fully saturated rings. The number of nitrogens with zero attached hydrogens (tertiary/aromatic N) is 2. The third-order valence-electron chi connectivity index (χ3n) is 3.73. The Morgan fingerprint density at radius 1 is 1.30 bits per heavy atom. The van der Waals surface area contributed by atoms with Crippen molar-refractivity contribution in [1.29, 1.82) is 0 Å². The van der Waals surface area contributed by atoms with Crippen LogP contribution in [0.1, 0.15) is 5.56 Å². The van der Waals surface area contributed by atoms with Crippen LogP contribution in [0, 0.1) is 5.82 Å². The first-order valence-corrected chi connectivity index (χ1v) is 9.42. The summed E-state index contributed by atoms with van der Waals surface area (Å²) in [5, 5.41) is 6.30. The minimum atomic E-state index is -2.83. The topological polar surface area (TPSA) is 73.8 Å². The maximum Gasteiger partial charge on any atom is 0.191 e. The van der Waals surface area contributed by atoms with Crippen LogP contribution in [-0.2, 0) is 16.4 Å². The van der Waals surface area contributed by atoms with Gasteiger partial charge in [-0.2, -0.15) is 0 Å². The van der Waals surface area contributed by atoms with E-state index in [2.05, 4.69) is 20.5 Å². The zero-order valence-corrected chi connectivity index (χ0v) is 14.1. The molecule has 2 rings (SSSR count). The minimum absolute atomic E-state index is 0.236. The lowest BCUT2D eigenvalue weighted by Crippen LogP contribution is -2.45. The van der Waals surface area contributed by atoms with Crippen molar-refractivity contribution in [2.75, 3.05) is 44.7 Å². The summed E-state index contributed by atoms with van der Waals surface area (Å²) in [5.74, 6) is 0.852. The van der Waals surface area contributed by atoms with Gasteiger partial charge in [0.15, 0.2) is 15.8 Å². The van der Waals surface area contributed by atoms with E-state index in [4.69, 9.17) is 0 Å². The molecule has 6 nitrogen and oxygen atoms in total. The Labute approximate surface area is 136 Å². The van der Waals surface area contributed by atoms with E-state index in [-0.39, 0.29) is 17.3 Å². The molecule has 1 aliphatic heterocycles. The van der Waals surface area contributed by atoms with E-state index in [0.717, 1.165) is 12.1 Å². The molecule has 1 saturated heterocycles. The number of halogens is 1. The first kappa shape index (κ1) is 17.7. The molecule has 128 valence electrons. The highest BCUT2D eigenvalue weighted by Gasteiger charge is 2.20. The number of sulfone groups is 1. The van der Waals surface area contributed by atoms with Crippen LogP contribution in [0.25, 0.3) is 0 Å². The lowest BCUT2D eigenvalue weighted by molar-refractivity contribution is 0.299. The minimum Gasteiger partial charge on any atom is -0.355 e. The van der Waals surface area contributed by atoms with Gasteiger partial charge in [0.1, 0.15) is 5.82 Å². The molecule has 0 spiro atoms. The predicted molar refractivity (Wildman–Crippen MR) is 89.7 cm³/mol. The van der Waals surface area contributed by atoms with Gasteiger partial charge in [-0.1, -0.05) is 12.1 Å². The van der Waals surface area contributed by atoms with E-state index >= 15 is 0 Å². The van der Waals surface area contributed by atoms with Crippen molar-refractivity contribution in [3.8, 4) is 0 Å². The van der Waals surface area contributed by atoms with E-state index in [9.17, 15) is 12.8 Å². The molecule has 1 aliphatic rings. The fourth-order valence-electron chi connectivity index (χ4n) is 2.36. The summed E-state index contributed by atoms with van der Waals surface area (Å²) >= 11 is 0. The van der Waals surface area contributed by atoms with E-state index in [1.807, 2.05) is 6.07 Å². The molecule has 0 saturated carbocycles. The molecule has 8 heteroatoms. The second kappa shape index (κ2) is 8.26. The third-order valence-corrected chi connectivity index (χ3v) is 5.34. The summed E-state index contributed by atoms with van der Waals surface area (Å²) < 4.78 is 35.9. The van der Waals surface area contributed by atoms with Crippen LogP contribution in [0.4, 0.5) is 4.39 Å². The van der Waals surface area contributed by atoms with E-state index in [1.165, 1.54) is 12.1 Å². The normalized spacial score (nSPS) is 18.6. The first-order chi connectivity index (χ1) is 11.0. The SMILES string of the molecule is CN=C(NCCN1CCS(=O)(=O)CC1)NCc1cccc(F)c1. The van der Waals surface area contributed by atoms with Gasteiger partial charge in [0.05, 0.1) is 11.5 Å². The lowest BCUT2D eigenvalue weighted by Gasteiger charge is -2.26. The number of aliphatic imine (C=N–C) groups is 1. The molecule has 0 bridgehead atoms. The van der Waals surface area contributed by atoms with Crippen LogP contribution in [-0.4, -0.2) is 64.0 Å². The number of nitrogens with one attached hydrogen (secondary N) is 2. The van der Waals surface area contributed by atoms with Crippen LogP contribution in [0.2, 0.25) is 0 Å². The van der Waals surface area contributed by atoms with Gasteiger partial charge in [0.2, 0.25) is 0 Å². The second-order valence-corrected chi connectivity index (χ2v) is 7.78. The molecule has 0 amide bonds. The van der Waals surface area contributed by atoms with Gasteiger partial charge in [0.25, 0.3) is 0 Å². The molecule has 1 aromatic carbocycles. The highest BCUT2D eigenvalue weighted by atomic mass is 32.2. The number of guanidine groups is 1. The molecule has 1 aromatic rings. The largest absolute Gasteiger partial charge is 0.355 e. The highest BCUT2D eigenvalue weighted by Crippen LogP contribution is 2.03. The highest BCUT2D eigenvalue weighted by molar-refractivity contribution is 7.91. The molecule has 1 heterocycles. The van der Waals surface area contributed by atoms with Crippen LogP contribution in [0.15, 0.2) is 29.3 Å². The summed E-state index contributed by atoms with van der Waals surface area (Å²) in [4.78, 5) is 6.24. The first-order valence-electron chi connectivity index (χ1n) is 7.60. The summed E-state index contributed by atoms with van der Waals surface area (Å²) in [5.41, 5.74) is 0.842. The fraction of sp³-hybridized carbons (Fsp3) is 0.533. The Kier molecular flexibility index (Phi) is 6.35. The maximum absolute atomic E-state index is 13.1. The van der Waals surface area contributed by atoms with Crippen molar-refractivity contribution in [3.05, 3.63) is 35.6 Å². The van der Waals surface area contributed by atoms with Gasteiger partial charge in [-0.25, -0.2) is 12.8 Å². The zero-order chi connectivity index (χ0) is 16.7. The molecule has 0 unspecified atom stereocenters. The van der Waals surface area contributed by atoms with Crippen molar-refractivity contribution < 1.29 is 12.8 Å². The molecular weight excluding hydrogens is 319 g/mol. The van der Waals surface area contributed by atoms with Crippen molar-refractivity contribution in [2.45, 2.75) is 6.54 Å². The summed E-state index contributed by atoms with van der Waals surface area (Å²) in [6.07, 6.45) is 0. The maximum atomic E-state index is 13.1. The van der Waals surface area contributed by atoms with E-state index in [0.29, 0.717) is 32.1 Å². The van der Waals surface area contributed by atoms with Gasteiger partial charge in [-0.3, -0.25) is 9.89 Å². The Morgan fingerprint density at radius 3 is 2.70 bits per heavy atom. The summed E-state index contributed by atoms with van der Waals surface area (Å²) in [6.45, 7) is 3.08. The van der Waals surface area contributed by atoms with Crippen molar-refractivity contribution in [2.24, 2.45) is 4.99 Å². The zero-order valence-electron chi connectivity index (χ0n) is 13.3. The number of hydrogen-bond donors (Lipinski definition) is 2. The van der Waals surface area contributed by atoms with Gasteiger partial charge >= 0.3 is 0 Å². The van der Waals surface area contributed by atoms with Crippen LogP contribution in [0.3, 0.4) is 0 Å². The van der Waals surface area contributed by atoms with Gasteiger partial charge in [-0.05, 0) is 17.7 Å². The molecular formula is C15H23FN4O2S. The number of hydrogen-bond acceptors (Lipinski definition) is 4. The Hall–Kier alpha value is -1.67. The molecule has 2 N–H and O–H groups in total. The standard InChI is InChI=1S/C15H23FN4O2S/c1-17-15(19-12-13-3-2-4-14(16)11-13)18-5-6-20-7-9-23(21,22)10-8-20/h2-4,11H,5-10,12H2,1H3,(H2,17,18,19).